The Bertz CT molecular complexity index is 796. The number of hydrogen-bond donors (Lipinski definition) is 2. The van der Waals surface area contributed by atoms with Crippen molar-refractivity contribution in [3.05, 3.63) is 41.6 Å². The quantitative estimate of drug-likeness (QED) is 0.478. The summed E-state index contributed by atoms with van der Waals surface area (Å²) in [6.45, 7) is 6.97. The summed E-state index contributed by atoms with van der Waals surface area (Å²) < 4.78 is 15.6. The van der Waals surface area contributed by atoms with E-state index in [0.29, 0.717) is 22.9 Å². The van der Waals surface area contributed by atoms with Gasteiger partial charge in [0.2, 0.25) is 0 Å². The molecule has 0 atom stereocenters. The monoisotopic (exact) mass is 461 g/mol. The second-order valence-corrected chi connectivity index (χ2v) is 6.43. The molecule has 0 saturated carbocycles. The molecule has 0 aliphatic carbocycles. The molecule has 7 heteroatoms. The Morgan fingerprint density at radius 1 is 1.40 bits per heavy atom. The van der Waals surface area contributed by atoms with Crippen LogP contribution in [0.15, 0.2) is 23.9 Å². The van der Waals surface area contributed by atoms with Crippen LogP contribution < -0.4 is 74.2 Å². The molecule has 3 rings (SSSR count). The van der Waals surface area contributed by atoms with E-state index in [2.05, 4.69) is 35.1 Å². The molecule has 2 heterocycles. The van der Waals surface area contributed by atoms with Crippen molar-refractivity contribution in [2.75, 3.05) is 19.6 Å². The zero-order valence-corrected chi connectivity index (χ0v) is 21.6. The summed E-state index contributed by atoms with van der Waals surface area (Å²) in [6, 6.07) is 5.29. The molecule has 0 amide bonds. The van der Waals surface area contributed by atoms with E-state index >= 15 is 0 Å². The molecule has 1 saturated heterocycles. The Hall–Kier alpha value is -0.158. The summed E-state index contributed by atoms with van der Waals surface area (Å²) in [5, 5.41) is 11.7. The van der Waals surface area contributed by atoms with Crippen molar-refractivity contribution in [2.24, 2.45) is 7.05 Å². The molecule has 128 valence electrons. The van der Waals surface area contributed by atoms with Gasteiger partial charge in [0.25, 0.3) is 0 Å². The largest absolute Gasteiger partial charge is 1.00 e. The number of hydrogen-bond acceptors (Lipinski definition) is 4. The molecule has 1 aliphatic heterocycles. The minimum Gasteiger partial charge on any atom is -0.404 e. The van der Waals surface area contributed by atoms with Crippen LogP contribution in [0.1, 0.15) is 26.1 Å². The second-order valence-electron chi connectivity index (χ2n) is 6.43. The predicted octanol–water partition coefficient (Wildman–Crippen LogP) is -0.525. The molecule has 0 bridgehead atoms. The molecule has 5 nitrogen and oxygen atoms in total. The number of nitrogens with zero attached hydrogens (tertiary/aromatic N) is 3. The summed E-state index contributed by atoms with van der Waals surface area (Å²) >= 11 is 0. The summed E-state index contributed by atoms with van der Waals surface area (Å²) in [5.74, 6) is 0.0538. The van der Waals surface area contributed by atoms with E-state index in [0.717, 1.165) is 31.8 Å². The number of imidazole rings is 1. The van der Waals surface area contributed by atoms with E-state index in [1.807, 2.05) is 0 Å². The van der Waals surface area contributed by atoms with Crippen LogP contribution in [-0.4, -0.2) is 45.8 Å². The van der Waals surface area contributed by atoms with E-state index in [9.17, 15) is 4.39 Å². The average Bonchev–Trinajstić information content (AvgIpc) is 2.73. The number of aromatic nitrogens is 2. The number of benzene rings is 1. The van der Waals surface area contributed by atoms with Gasteiger partial charge in [-0.05, 0) is 39.4 Å². The molecule has 1 aromatic carbocycles. The smallest absolute Gasteiger partial charge is 0.404 e. The van der Waals surface area contributed by atoms with E-state index < -0.39 is 0 Å². The summed E-state index contributed by atoms with van der Waals surface area (Å²) in [7, 11) is 1.80. The Kier molecular flexibility index (Phi) is 7.75. The van der Waals surface area contributed by atoms with Crippen molar-refractivity contribution in [1.29, 1.82) is 5.41 Å². The van der Waals surface area contributed by atoms with Crippen LogP contribution in [0.2, 0.25) is 0 Å². The first-order valence-corrected chi connectivity index (χ1v) is 8.28. The van der Waals surface area contributed by atoms with Gasteiger partial charge in [0.15, 0.2) is 0 Å². The van der Waals surface area contributed by atoms with Crippen LogP contribution in [0, 0.1) is 17.3 Å². The second kappa shape index (κ2) is 9.16. The number of rotatable bonds is 3. The zero-order chi connectivity index (χ0) is 17.3. The minimum absolute atomic E-state index is 0. The van der Waals surface area contributed by atoms with Crippen molar-refractivity contribution < 1.29 is 73.3 Å². The Balaban J connectivity index is 0.00000225. The standard InChI is InChI=1S/C18H23FN5.Cs/c1-12(2)24-9-5-8-21-13(11-24)10-15(20)18-22-17-14(19)6-4-7-16(17)23(18)3;/h4,6-7,12,20-21H,5,8-9,11H2,1-3H3;/q-1;+1. The summed E-state index contributed by atoms with van der Waals surface area (Å²) in [4.78, 5) is 6.65. The molecule has 0 radical (unpaired) electrons. The van der Waals surface area contributed by atoms with Crippen LogP contribution in [0.3, 0.4) is 0 Å². The van der Waals surface area contributed by atoms with Gasteiger partial charge < -0.3 is 20.3 Å². The Labute approximate surface area is 207 Å². The fourth-order valence-electron chi connectivity index (χ4n) is 2.99. The Morgan fingerprint density at radius 2 is 2.16 bits per heavy atom. The van der Waals surface area contributed by atoms with Gasteiger partial charge in [-0.3, -0.25) is 4.90 Å². The van der Waals surface area contributed by atoms with Crippen molar-refractivity contribution in [2.45, 2.75) is 26.3 Å². The predicted molar refractivity (Wildman–Crippen MR) is 93.6 cm³/mol. The number of allylic oxidation sites excluding steroid dienone is 1. The van der Waals surface area contributed by atoms with Gasteiger partial charge in [-0.15, -0.1) is 0 Å². The molecule has 1 fully saturated rings. The van der Waals surface area contributed by atoms with Gasteiger partial charge in [-0.1, -0.05) is 17.5 Å². The fourth-order valence-corrected chi connectivity index (χ4v) is 2.99. The maximum absolute atomic E-state index is 13.9. The van der Waals surface area contributed by atoms with Crippen LogP contribution in [0.4, 0.5) is 4.39 Å². The average molecular weight is 461 g/mol. The fraction of sp³-hybridized carbons (Fsp3) is 0.444. The van der Waals surface area contributed by atoms with Crippen molar-refractivity contribution in [3.63, 3.8) is 0 Å². The van der Waals surface area contributed by atoms with E-state index in [1.54, 1.807) is 23.7 Å². The minimum atomic E-state index is -0.367. The molecule has 2 N–H and O–H groups in total. The molecular formula is C18H23CsFN5. The maximum atomic E-state index is 13.9. The third-order valence-electron chi connectivity index (χ3n) is 4.41. The van der Waals surface area contributed by atoms with Gasteiger partial charge in [0, 0.05) is 31.5 Å². The number of nitrogens with one attached hydrogen (secondary N) is 2. The van der Waals surface area contributed by atoms with E-state index in [4.69, 9.17) is 5.41 Å². The summed E-state index contributed by atoms with van der Waals surface area (Å²) in [6.07, 6.45) is 4.19. The number of fused-ring (bicyclic) bond motifs is 1. The number of halogens is 1. The van der Waals surface area contributed by atoms with Crippen LogP contribution >= 0.6 is 0 Å². The van der Waals surface area contributed by atoms with Gasteiger partial charge in [0.05, 0.1) is 5.52 Å². The first-order valence-electron chi connectivity index (χ1n) is 8.28. The molecule has 0 unspecified atom stereocenters. The van der Waals surface area contributed by atoms with Crippen LogP contribution in [0.5, 0.6) is 0 Å². The summed E-state index contributed by atoms with van der Waals surface area (Å²) in [5.41, 5.74) is 2.03. The third kappa shape index (κ3) is 4.77. The SMILES string of the molecule is CC(C)N1CCCNC(=[C-]C(=N)c2nc3c(F)cccc3n2C)C1.[Cs+]. The molecule has 1 aliphatic rings. The van der Waals surface area contributed by atoms with Crippen molar-refractivity contribution in [3.8, 4) is 0 Å². The van der Waals surface area contributed by atoms with Gasteiger partial charge in [0.1, 0.15) is 11.3 Å². The Morgan fingerprint density at radius 3 is 2.84 bits per heavy atom. The van der Waals surface area contributed by atoms with Gasteiger partial charge in [-0.25, -0.2) is 4.39 Å². The van der Waals surface area contributed by atoms with E-state index in [-0.39, 0.29) is 80.4 Å². The van der Waals surface area contributed by atoms with Gasteiger partial charge >= 0.3 is 68.9 Å². The normalized spacial score (nSPS) is 17.4. The molecular weight excluding hydrogens is 438 g/mol. The third-order valence-corrected chi connectivity index (χ3v) is 4.41. The number of aryl methyl sites for hydroxylation is 1. The van der Waals surface area contributed by atoms with E-state index in [1.165, 1.54) is 6.07 Å². The van der Waals surface area contributed by atoms with Crippen LogP contribution in [-0.2, 0) is 7.05 Å². The molecule has 25 heavy (non-hydrogen) atoms. The topological polar surface area (TPSA) is 56.9 Å². The maximum Gasteiger partial charge on any atom is 1.00 e. The molecule has 2 aromatic rings. The van der Waals surface area contributed by atoms with Gasteiger partial charge in [-0.2, -0.15) is 6.08 Å². The molecule has 1 aromatic heterocycles. The molecule has 0 spiro atoms. The van der Waals surface area contributed by atoms with Crippen LogP contribution in [0.25, 0.3) is 11.0 Å². The first-order chi connectivity index (χ1) is 11.5. The number of para-hydroxylation sites is 1. The van der Waals surface area contributed by atoms with Crippen molar-refractivity contribution >= 4 is 16.7 Å². The zero-order valence-electron chi connectivity index (χ0n) is 15.4. The van der Waals surface area contributed by atoms with Crippen molar-refractivity contribution in [1.82, 2.24) is 19.8 Å². The first kappa shape index (κ1) is 21.1.